The fraction of sp³-hybridized carbons (Fsp3) is 0.208. The Balaban J connectivity index is 1.57. The highest BCUT2D eigenvalue weighted by Crippen LogP contribution is 2.41. The lowest BCUT2D eigenvalue weighted by atomic mass is 9.97. The average molecular weight is 497 g/mol. The van der Waals surface area contributed by atoms with Crippen molar-refractivity contribution in [2.24, 2.45) is 0 Å². The summed E-state index contributed by atoms with van der Waals surface area (Å²) in [6, 6.07) is 15.7. The second kappa shape index (κ2) is 8.34. The van der Waals surface area contributed by atoms with E-state index in [2.05, 4.69) is 14.6 Å². The standard InChI is InChI=1S/C24H18Cl2N4S2/c25-17-10-4-1-7-14(17)13-31-24-29-28-22-20-16-9-3-6-12-19(16)32-23(20)27-21(30(22)24)15-8-2-5-11-18(15)26/h1-2,4-5,7-8,10-11H,3,6,9,12-13H2. The molecule has 0 fully saturated rings. The number of rotatable bonds is 4. The highest BCUT2D eigenvalue weighted by molar-refractivity contribution is 7.98. The molecule has 0 saturated carbocycles. The fourth-order valence-electron chi connectivity index (χ4n) is 4.30. The molecule has 1 aliphatic rings. The van der Waals surface area contributed by atoms with Gasteiger partial charge in [0.1, 0.15) is 4.83 Å². The molecule has 0 N–H and O–H groups in total. The summed E-state index contributed by atoms with van der Waals surface area (Å²) >= 11 is 16.4. The minimum atomic E-state index is 0.665. The molecule has 0 spiro atoms. The Bertz CT molecular complexity index is 1470. The van der Waals surface area contributed by atoms with Crippen LogP contribution in [0.1, 0.15) is 28.8 Å². The number of hydrogen-bond acceptors (Lipinski definition) is 5. The van der Waals surface area contributed by atoms with E-state index in [9.17, 15) is 0 Å². The van der Waals surface area contributed by atoms with Crippen molar-refractivity contribution < 1.29 is 0 Å². The van der Waals surface area contributed by atoms with Crippen LogP contribution in [0.4, 0.5) is 0 Å². The molecule has 0 radical (unpaired) electrons. The molecule has 3 aromatic heterocycles. The Morgan fingerprint density at radius 1 is 0.938 bits per heavy atom. The molecule has 8 heteroatoms. The SMILES string of the molecule is Clc1ccccc1CSc1nnc2c3c4c(sc3nc(-c3ccccc3Cl)n12)CCCC4. The summed E-state index contributed by atoms with van der Waals surface area (Å²) in [7, 11) is 0. The number of thioether (sulfide) groups is 1. The molecule has 6 rings (SSSR count). The highest BCUT2D eigenvalue weighted by Gasteiger charge is 2.24. The summed E-state index contributed by atoms with van der Waals surface area (Å²) in [5, 5.41) is 12.6. The predicted molar refractivity (Wildman–Crippen MR) is 134 cm³/mol. The Morgan fingerprint density at radius 3 is 2.56 bits per heavy atom. The number of thiophene rings is 1. The summed E-state index contributed by atoms with van der Waals surface area (Å²) in [6.07, 6.45) is 4.64. The van der Waals surface area contributed by atoms with Gasteiger partial charge in [-0.15, -0.1) is 21.5 Å². The number of aryl methyl sites for hydroxylation is 2. The lowest BCUT2D eigenvalue weighted by Gasteiger charge is -2.12. The smallest absolute Gasteiger partial charge is 0.197 e. The monoisotopic (exact) mass is 496 g/mol. The van der Waals surface area contributed by atoms with E-state index in [1.165, 1.54) is 23.3 Å². The van der Waals surface area contributed by atoms with E-state index in [0.29, 0.717) is 10.8 Å². The molecular weight excluding hydrogens is 479 g/mol. The van der Waals surface area contributed by atoms with Gasteiger partial charge in [-0.05, 0) is 55.0 Å². The third kappa shape index (κ3) is 3.41. The molecule has 0 unspecified atom stereocenters. The van der Waals surface area contributed by atoms with Crippen molar-refractivity contribution >= 4 is 62.2 Å². The fourth-order valence-corrected chi connectivity index (χ4v) is 7.00. The first-order valence-electron chi connectivity index (χ1n) is 10.5. The number of hydrogen-bond donors (Lipinski definition) is 0. The maximum atomic E-state index is 6.61. The topological polar surface area (TPSA) is 43.1 Å². The lowest BCUT2D eigenvalue weighted by Crippen LogP contribution is -2.01. The summed E-state index contributed by atoms with van der Waals surface area (Å²) in [4.78, 5) is 7.58. The van der Waals surface area contributed by atoms with Crippen molar-refractivity contribution in [2.75, 3.05) is 0 Å². The maximum Gasteiger partial charge on any atom is 0.197 e. The quantitative estimate of drug-likeness (QED) is 0.241. The second-order valence-electron chi connectivity index (χ2n) is 7.83. The zero-order valence-electron chi connectivity index (χ0n) is 17.0. The zero-order chi connectivity index (χ0) is 21.7. The van der Waals surface area contributed by atoms with Gasteiger partial charge < -0.3 is 0 Å². The van der Waals surface area contributed by atoms with Gasteiger partial charge in [-0.1, -0.05) is 65.3 Å². The first kappa shape index (κ1) is 20.5. The first-order chi connectivity index (χ1) is 15.7. The number of fused-ring (bicyclic) bond motifs is 5. The number of halogens is 2. The molecule has 0 saturated heterocycles. The Kier molecular flexibility index (Phi) is 5.34. The van der Waals surface area contributed by atoms with Crippen LogP contribution < -0.4 is 0 Å². The van der Waals surface area contributed by atoms with E-state index in [0.717, 1.165) is 55.8 Å². The van der Waals surface area contributed by atoms with Gasteiger partial charge >= 0.3 is 0 Å². The van der Waals surface area contributed by atoms with Crippen LogP contribution in [0.5, 0.6) is 0 Å². The van der Waals surface area contributed by atoms with Crippen LogP contribution in [0.3, 0.4) is 0 Å². The molecular formula is C24H18Cl2N4S2. The van der Waals surface area contributed by atoms with Crippen molar-refractivity contribution in [3.63, 3.8) is 0 Å². The van der Waals surface area contributed by atoms with Crippen LogP contribution in [0.25, 0.3) is 27.3 Å². The molecule has 32 heavy (non-hydrogen) atoms. The molecule has 0 atom stereocenters. The largest absolute Gasteiger partial charge is 0.253 e. The van der Waals surface area contributed by atoms with E-state index < -0.39 is 0 Å². The Hall–Kier alpha value is -2.12. The molecule has 4 nitrogen and oxygen atoms in total. The van der Waals surface area contributed by atoms with Crippen LogP contribution in [0.2, 0.25) is 10.0 Å². The minimum absolute atomic E-state index is 0.665. The molecule has 160 valence electrons. The van der Waals surface area contributed by atoms with Gasteiger partial charge in [0, 0.05) is 21.2 Å². The van der Waals surface area contributed by atoms with Crippen LogP contribution in [0, 0.1) is 0 Å². The van der Waals surface area contributed by atoms with Gasteiger partial charge in [0.25, 0.3) is 0 Å². The summed E-state index contributed by atoms with van der Waals surface area (Å²) < 4.78 is 2.08. The Labute approximate surface area is 203 Å². The van der Waals surface area contributed by atoms with Crippen molar-refractivity contribution in [2.45, 2.75) is 36.6 Å². The van der Waals surface area contributed by atoms with Crippen molar-refractivity contribution in [3.05, 3.63) is 74.6 Å². The van der Waals surface area contributed by atoms with Gasteiger partial charge in [0.2, 0.25) is 0 Å². The molecule has 5 aromatic rings. The third-order valence-electron chi connectivity index (χ3n) is 5.86. The average Bonchev–Trinajstić information content (AvgIpc) is 3.39. The minimum Gasteiger partial charge on any atom is -0.253 e. The summed E-state index contributed by atoms with van der Waals surface area (Å²) in [5.41, 5.74) is 4.21. The molecule has 0 aliphatic heterocycles. The van der Waals surface area contributed by atoms with Crippen molar-refractivity contribution in [1.29, 1.82) is 0 Å². The lowest BCUT2D eigenvalue weighted by molar-refractivity contribution is 0.700. The number of benzene rings is 2. The van der Waals surface area contributed by atoms with Crippen LogP contribution in [-0.4, -0.2) is 19.6 Å². The number of aromatic nitrogens is 4. The van der Waals surface area contributed by atoms with Crippen LogP contribution in [0.15, 0.2) is 53.7 Å². The van der Waals surface area contributed by atoms with Gasteiger partial charge in [-0.3, -0.25) is 4.40 Å². The Morgan fingerprint density at radius 2 is 1.72 bits per heavy atom. The predicted octanol–water partition coefficient (Wildman–Crippen LogP) is 7.48. The summed E-state index contributed by atoms with van der Waals surface area (Å²) in [6.45, 7) is 0. The third-order valence-corrected chi connectivity index (χ3v) is 8.72. The first-order valence-corrected chi connectivity index (χ1v) is 13.1. The second-order valence-corrected chi connectivity index (χ2v) is 10.7. The highest BCUT2D eigenvalue weighted by atomic mass is 35.5. The van der Waals surface area contributed by atoms with Gasteiger partial charge in [0.05, 0.1) is 10.4 Å². The van der Waals surface area contributed by atoms with Crippen molar-refractivity contribution in [1.82, 2.24) is 19.6 Å². The molecule has 3 heterocycles. The van der Waals surface area contributed by atoms with Crippen molar-refractivity contribution in [3.8, 4) is 11.4 Å². The van der Waals surface area contributed by atoms with E-state index in [1.807, 2.05) is 48.5 Å². The van der Waals surface area contributed by atoms with Crippen LogP contribution >= 0.6 is 46.3 Å². The van der Waals surface area contributed by atoms with E-state index in [-0.39, 0.29) is 0 Å². The molecule has 1 aliphatic carbocycles. The van der Waals surface area contributed by atoms with Crippen LogP contribution in [-0.2, 0) is 18.6 Å². The maximum absolute atomic E-state index is 6.61. The summed E-state index contributed by atoms with van der Waals surface area (Å²) in [5.74, 6) is 1.48. The van der Waals surface area contributed by atoms with E-state index in [1.54, 1.807) is 23.1 Å². The van der Waals surface area contributed by atoms with E-state index >= 15 is 0 Å². The molecule has 0 amide bonds. The number of nitrogens with zero attached hydrogens (tertiary/aromatic N) is 4. The molecule has 2 aromatic carbocycles. The van der Waals surface area contributed by atoms with Gasteiger partial charge in [-0.2, -0.15) is 0 Å². The zero-order valence-corrected chi connectivity index (χ0v) is 20.2. The molecule has 0 bridgehead atoms. The normalized spacial score (nSPS) is 13.7. The van der Waals surface area contributed by atoms with E-state index in [4.69, 9.17) is 28.2 Å². The van der Waals surface area contributed by atoms with Gasteiger partial charge in [-0.25, -0.2) is 4.98 Å². The van der Waals surface area contributed by atoms with Gasteiger partial charge in [0.15, 0.2) is 16.6 Å².